The molecule has 4 heteroatoms. The number of aromatic carboxylic acids is 1. The summed E-state index contributed by atoms with van der Waals surface area (Å²) in [6.07, 6.45) is 3.40. The smallest absolute Gasteiger partial charge is 0.337 e. The second-order valence-electron chi connectivity index (χ2n) is 4.54. The molecule has 2 rings (SSSR count). The fourth-order valence-corrected chi connectivity index (χ4v) is 2.09. The zero-order valence-electron chi connectivity index (χ0n) is 11.1. The Bertz CT molecular complexity index is 595. The molecule has 0 aliphatic heterocycles. The molecule has 1 aromatic carbocycles. The highest BCUT2D eigenvalue weighted by Crippen LogP contribution is 2.27. The van der Waals surface area contributed by atoms with Crippen molar-refractivity contribution in [3.8, 4) is 5.88 Å². The summed E-state index contributed by atoms with van der Waals surface area (Å²) < 4.78 is 5.80. The van der Waals surface area contributed by atoms with Crippen LogP contribution >= 0.6 is 0 Å². The molecule has 1 N–H and O–H groups in total. The zero-order chi connectivity index (χ0) is 13.8. The van der Waals surface area contributed by atoms with Gasteiger partial charge in [-0.25, -0.2) is 9.78 Å². The summed E-state index contributed by atoms with van der Waals surface area (Å²) in [5.41, 5.74) is 0.200. The van der Waals surface area contributed by atoms with Gasteiger partial charge in [-0.05, 0) is 19.4 Å². The third-order valence-corrected chi connectivity index (χ3v) is 3.00. The molecule has 0 spiro atoms. The molecule has 100 valence electrons. The van der Waals surface area contributed by atoms with Crippen LogP contribution in [0.4, 0.5) is 0 Å². The molecule has 19 heavy (non-hydrogen) atoms. The topological polar surface area (TPSA) is 59.4 Å². The van der Waals surface area contributed by atoms with E-state index in [0.717, 1.165) is 18.2 Å². The normalized spacial score (nSPS) is 12.3. The van der Waals surface area contributed by atoms with E-state index in [1.165, 1.54) is 6.20 Å². The van der Waals surface area contributed by atoms with E-state index in [9.17, 15) is 4.79 Å². The second kappa shape index (κ2) is 5.69. The minimum Gasteiger partial charge on any atom is -0.478 e. The summed E-state index contributed by atoms with van der Waals surface area (Å²) in [6, 6.07) is 7.28. The Labute approximate surface area is 112 Å². The fraction of sp³-hybridized carbons (Fsp3) is 0.333. The van der Waals surface area contributed by atoms with Crippen LogP contribution in [0.2, 0.25) is 0 Å². The Kier molecular flexibility index (Phi) is 4.00. The highest BCUT2D eigenvalue weighted by Gasteiger charge is 2.14. The minimum atomic E-state index is -0.975. The van der Waals surface area contributed by atoms with Crippen LogP contribution < -0.4 is 4.74 Å². The summed E-state index contributed by atoms with van der Waals surface area (Å²) >= 11 is 0. The molecule has 0 radical (unpaired) electrons. The minimum absolute atomic E-state index is 0.0663. The Balaban J connectivity index is 2.46. The zero-order valence-corrected chi connectivity index (χ0v) is 11.1. The van der Waals surface area contributed by atoms with Crippen LogP contribution in [0.1, 0.15) is 37.0 Å². The molecule has 0 amide bonds. The van der Waals surface area contributed by atoms with Gasteiger partial charge in [0.25, 0.3) is 0 Å². The first-order chi connectivity index (χ1) is 9.13. The van der Waals surface area contributed by atoms with E-state index in [0.29, 0.717) is 11.3 Å². The number of carboxylic acid groups (broad SMARTS) is 1. The van der Waals surface area contributed by atoms with Gasteiger partial charge in [-0.15, -0.1) is 0 Å². The summed E-state index contributed by atoms with van der Waals surface area (Å²) in [6.45, 7) is 4.09. The number of nitrogens with zero attached hydrogens (tertiary/aromatic N) is 1. The molecule has 1 aromatic heterocycles. The van der Waals surface area contributed by atoms with Gasteiger partial charge in [0, 0.05) is 17.0 Å². The van der Waals surface area contributed by atoms with Crippen LogP contribution in [0.3, 0.4) is 0 Å². The van der Waals surface area contributed by atoms with E-state index in [1.54, 1.807) is 6.07 Å². The SMILES string of the molecule is CCCC(C)Oc1ncc(C(=O)O)c2ccccc12. The standard InChI is InChI=1S/C15H17NO3/c1-3-6-10(2)19-14-12-8-5-4-7-11(12)13(9-16-14)15(17)18/h4-5,7-10H,3,6H2,1-2H3,(H,17,18). The maximum atomic E-state index is 11.2. The second-order valence-corrected chi connectivity index (χ2v) is 4.54. The van der Waals surface area contributed by atoms with Gasteiger partial charge in [0.05, 0.1) is 11.7 Å². The molecule has 4 nitrogen and oxygen atoms in total. The van der Waals surface area contributed by atoms with Crippen molar-refractivity contribution in [1.82, 2.24) is 4.98 Å². The molecule has 0 bridgehead atoms. The van der Waals surface area contributed by atoms with Gasteiger partial charge in [0.15, 0.2) is 0 Å². The molecule has 1 unspecified atom stereocenters. The van der Waals surface area contributed by atoms with Crippen molar-refractivity contribution in [2.24, 2.45) is 0 Å². The van der Waals surface area contributed by atoms with Crippen LogP contribution in [0, 0.1) is 0 Å². The average molecular weight is 259 g/mol. The van der Waals surface area contributed by atoms with Crippen LogP contribution in [-0.2, 0) is 0 Å². The molecular weight excluding hydrogens is 242 g/mol. The number of aromatic nitrogens is 1. The number of ether oxygens (including phenoxy) is 1. The average Bonchev–Trinajstić information content (AvgIpc) is 2.39. The van der Waals surface area contributed by atoms with E-state index >= 15 is 0 Å². The van der Waals surface area contributed by atoms with E-state index in [2.05, 4.69) is 11.9 Å². The van der Waals surface area contributed by atoms with Crippen molar-refractivity contribution in [3.05, 3.63) is 36.0 Å². The van der Waals surface area contributed by atoms with Crippen molar-refractivity contribution >= 4 is 16.7 Å². The number of fused-ring (bicyclic) bond motifs is 1. The first-order valence-corrected chi connectivity index (χ1v) is 6.41. The monoisotopic (exact) mass is 259 g/mol. The van der Waals surface area contributed by atoms with Crippen molar-refractivity contribution in [2.75, 3.05) is 0 Å². The predicted octanol–water partition coefficient (Wildman–Crippen LogP) is 3.50. The summed E-state index contributed by atoms with van der Waals surface area (Å²) in [7, 11) is 0. The summed E-state index contributed by atoms with van der Waals surface area (Å²) in [5.74, 6) is -0.474. The Morgan fingerprint density at radius 2 is 2.05 bits per heavy atom. The lowest BCUT2D eigenvalue weighted by Gasteiger charge is -2.15. The lowest BCUT2D eigenvalue weighted by Crippen LogP contribution is -2.12. The first-order valence-electron chi connectivity index (χ1n) is 6.41. The molecule has 1 atom stereocenters. The highest BCUT2D eigenvalue weighted by atomic mass is 16.5. The quantitative estimate of drug-likeness (QED) is 0.892. The molecular formula is C15H17NO3. The number of carbonyl (C=O) groups is 1. The molecule has 0 aliphatic carbocycles. The molecule has 0 saturated carbocycles. The summed E-state index contributed by atoms with van der Waals surface area (Å²) in [5, 5.41) is 10.6. The molecule has 0 aliphatic rings. The summed E-state index contributed by atoms with van der Waals surface area (Å²) in [4.78, 5) is 15.3. The van der Waals surface area contributed by atoms with Crippen molar-refractivity contribution in [1.29, 1.82) is 0 Å². The van der Waals surface area contributed by atoms with Crippen LogP contribution in [0.5, 0.6) is 5.88 Å². The van der Waals surface area contributed by atoms with Gasteiger partial charge in [0.2, 0.25) is 5.88 Å². The van der Waals surface area contributed by atoms with Gasteiger partial charge in [0.1, 0.15) is 0 Å². The Hall–Kier alpha value is -2.10. The Morgan fingerprint density at radius 1 is 1.37 bits per heavy atom. The number of pyridine rings is 1. The van der Waals surface area contributed by atoms with Gasteiger partial charge >= 0.3 is 5.97 Å². The lowest BCUT2D eigenvalue weighted by atomic mass is 10.1. The highest BCUT2D eigenvalue weighted by molar-refractivity contribution is 6.04. The maximum absolute atomic E-state index is 11.2. The molecule has 0 saturated heterocycles. The van der Waals surface area contributed by atoms with Crippen molar-refractivity contribution in [2.45, 2.75) is 32.8 Å². The van der Waals surface area contributed by atoms with E-state index in [-0.39, 0.29) is 11.7 Å². The van der Waals surface area contributed by atoms with E-state index in [1.807, 2.05) is 25.1 Å². The Morgan fingerprint density at radius 3 is 2.68 bits per heavy atom. The van der Waals surface area contributed by atoms with Gasteiger partial charge in [-0.1, -0.05) is 31.5 Å². The van der Waals surface area contributed by atoms with Crippen molar-refractivity contribution < 1.29 is 14.6 Å². The van der Waals surface area contributed by atoms with Gasteiger partial charge < -0.3 is 9.84 Å². The fourth-order valence-electron chi connectivity index (χ4n) is 2.09. The molecule has 1 heterocycles. The number of benzene rings is 1. The van der Waals surface area contributed by atoms with Crippen LogP contribution in [0.15, 0.2) is 30.5 Å². The lowest BCUT2D eigenvalue weighted by molar-refractivity contribution is 0.0698. The third kappa shape index (κ3) is 2.84. The van der Waals surface area contributed by atoms with Crippen LogP contribution in [0.25, 0.3) is 10.8 Å². The number of rotatable bonds is 5. The van der Waals surface area contributed by atoms with E-state index < -0.39 is 5.97 Å². The molecule has 0 fully saturated rings. The number of hydrogen-bond acceptors (Lipinski definition) is 3. The maximum Gasteiger partial charge on any atom is 0.337 e. The van der Waals surface area contributed by atoms with E-state index in [4.69, 9.17) is 9.84 Å². The van der Waals surface area contributed by atoms with Crippen LogP contribution in [-0.4, -0.2) is 22.2 Å². The van der Waals surface area contributed by atoms with Crippen molar-refractivity contribution in [3.63, 3.8) is 0 Å². The van der Waals surface area contributed by atoms with Gasteiger partial charge in [-0.2, -0.15) is 0 Å². The molecule has 2 aromatic rings. The van der Waals surface area contributed by atoms with Gasteiger partial charge in [-0.3, -0.25) is 0 Å². The first kappa shape index (κ1) is 13.3. The number of carboxylic acids is 1. The number of hydrogen-bond donors (Lipinski definition) is 1. The predicted molar refractivity (Wildman–Crippen MR) is 73.7 cm³/mol. The largest absolute Gasteiger partial charge is 0.478 e. The third-order valence-electron chi connectivity index (χ3n) is 3.00.